The topological polar surface area (TPSA) is 45.2 Å². The van der Waals surface area contributed by atoms with Crippen molar-refractivity contribution < 1.29 is 4.79 Å². The van der Waals surface area contributed by atoms with Crippen molar-refractivity contribution in [1.82, 2.24) is 9.88 Å². The Bertz CT molecular complexity index is 382. The molecule has 4 nitrogen and oxygen atoms in total. The van der Waals surface area contributed by atoms with Crippen LogP contribution in [-0.2, 0) is 10.5 Å². The van der Waals surface area contributed by atoms with Crippen molar-refractivity contribution in [3.63, 3.8) is 0 Å². The van der Waals surface area contributed by atoms with Gasteiger partial charge in [-0.3, -0.25) is 4.79 Å². The number of rotatable bonds is 7. The number of anilines is 1. The van der Waals surface area contributed by atoms with Crippen LogP contribution in [0.15, 0.2) is 18.3 Å². The van der Waals surface area contributed by atoms with Crippen LogP contribution in [0.25, 0.3) is 0 Å². The van der Waals surface area contributed by atoms with Crippen LogP contribution >= 0.6 is 11.8 Å². The summed E-state index contributed by atoms with van der Waals surface area (Å²) < 4.78 is 0. The Morgan fingerprint density at radius 2 is 2.28 bits per heavy atom. The summed E-state index contributed by atoms with van der Waals surface area (Å²) in [5, 5.41) is 3.26. The first kappa shape index (κ1) is 14.8. The van der Waals surface area contributed by atoms with Crippen molar-refractivity contribution in [2.24, 2.45) is 0 Å². The highest BCUT2D eigenvalue weighted by Gasteiger charge is 2.04. The molecule has 0 atom stereocenters. The van der Waals surface area contributed by atoms with E-state index in [1.54, 1.807) is 30.8 Å². The molecule has 0 unspecified atom stereocenters. The lowest BCUT2D eigenvalue weighted by Crippen LogP contribution is -2.23. The van der Waals surface area contributed by atoms with E-state index in [0.29, 0.717) is 5.75 Å². The smallest absolute Gasteiger partial charge is 0.232 e. The molecule has 0 aliphatic rings. The lowest BCUT2D eigenvalue weighted by molar-refractivity contribution is -0.125. The molecule has 0 bridgehead atoms. The highest BCUT2D eigenvalue weighted by Crippen LogP contribution is 2.14. The Hall–Kier alpha value is -1.23. The molecule has 0 saturated heterocycles. The molecule has 1 amide bonds. The van der Waals surface area contributed by atoms with E-state index in [4.69, 9.17) is 0 Å². The zero-order chi connectivity index (χ0) is 13.4. The molecule has 0 aromatic carbocycles. The molecule has 1 aromatic rings. The van der Waals surface area contributed by atoms with E-state index in [1.807, 2.05) is 18.3 Å². The number of nitrogens with one attached hydrogen (secondary N) is 1. The van der Waals surface area contributed by atoms with Crippen molar-refractivity contribution in [1.29, 1.82) is 0 Å². The second kappa shape index (κ2) is 7.97. The molecule has 1 rings (SSSR count). The fourth-order valence-corrected chi connectivity index (χ4v) is 2.25. The molecule has 1 N–H and O–H groups in total. The van der Waals surface area contributed by atoms with E-state index in [1.165, 1.54) is 5.56 Å². The monoisotopic (exact) mass is 267 g/mol. The molecule has 0 saturated carbocycles. The third-order valence-corrected chi connectivity index (χ3v) is 3.36. The highest BCUT2D eigenvalue weighted by atomic mass is 32.2. The predicted octanol–water partition coefficient (Wildman–Crippen LogP) is 2.22. The summed E-state index contributed by atoms with van der Waals surface area (Å²) in [6.45, 7) is 3.06. The largest absolute Gasteiger partial charge is 0.370 e. The number of aromatic nitrogens is 1. The molecule has 1 aromatic heterocycles. The number of carbonyl (C=O) groups excluding carboxylic acids is 1. The molecular weight excluding hydrogens is 246 g/mol. The standard InChI is InChI=1S/C13H21N3OS/c1-4-6-14-12-8-11(5-7-15-12)9-18-10-13(17)16(2)3/h5,7-8H,4,6,9-10H2,1-3H3,(H,14,15). The van der Waals surface area contributed by atoms with Crippen LogP contribution in [0.3, 0.4) is 0 Å². The zero-order valence-corrected chi connectivity index (χ0v) is 12.1. The second-order valence-electron chi connectivity index (χ2n) is 4.26. The van der Waals surface area contributed by atoms with Crippen molar-refractivity contribution in [2.75, 3.05) is 31.7 Å². The first-order valence-electron chi connectivity index (χ1n) is 6.10. The summed E-state index contributed by atoms with van der Waals surface area (Å²) in [5.74, 6) is 2.42. The van der Waals surface area contributed by atoms with E-state index in [-0.39, 0.29) is 5.91 Å². The Morgan fingerprint density at radius 1 is 1.50 bits per heavy atom. The van der Waals surface area contributed by atoms with Crippen LogP contribution in [0, 0.1) is 0 Å². The number of amides is 1. The van der Waals surface area contributed by atoms with Crippen LogP contribution in [0.2, 0.25) is 0 Å². The van der Waals surface area contributed by atoms with E-state index < -0.39 is 0 Å². The zero-order valence-electron chi connectivity index (χ0n) is 11.3. The lowest BCUT2D eigenvalue weighted by atomic mass is 10.3. The van der Waals surface area contributed by atoms with Crippen molar-refractivity contribution in [3.05, 3.63) is 23.9 Å². The van der Waals surface area contributed by atoms with Gasteiger partial charge in [-0.25, -0.2) is 4.98 Å². The Labute approximate surface area is 113 Å². The minimum Gasteiger partial charge on any atom is -0.370 e. The number of carbonyl (C=O) groups is 1. The molecule has 1 heterocycles. The molecule has 5 heteroatoms. The summed E-state index contributed by atoms with van der Waals surface area (Å²) >= 11 is 1.63. The fraction of sp³-hybridized carbons (Fsp3) is 0.538. The van der Waals surface area contributed by atoms with Crippen LogP contribution in [0.1, 0.15) is 18.9 Å². The summed E-state index contributed by atoms with van der Waals surface area (Å²) in [5.41, 5.74) is 1.19. The summed E-state index contributed by atoms with van der Waals surface area (Å²) in [6.07, 6.45) is 2.89. The molecule has 0 spiro atoms. The summed E-state index contributed by atoms with van der Waals surface area (Å²) in [4.78, 5) is 17.3. The van der Waals surface area contributed by atoms with Crippen LogP contribution in [0.5, 0.6) is 0 Å². The van der Waals surface area contributed by atoms with Crippen molar-refractivity contribution in [3.8, 4) is 0 Å². The lowest BCUT2D eigenvalue weighted by Gasteiger charge is -2.10. The van der Waals surface area contributed by atoms with Gasteiger partial charge < -0.3 is 10.2 Å². The van der Waals surface area contributed by atoms with E-state index in [9.17, 15) is 4.79 Å². The normalized spacial score (nSPS) is 10.2. The van der Waals surface area contributed by atoms with Gasteiger partial charge in [-0.15, -0.1) is 11.8 Å². The average molecular weight is 267 g/mol. The van der Waals surface area contributed by atoms with Gasteiger partial charge in [0, 0.05) is 32.6 Å². The van der Waals surface area contributed by atoms with Crippen LogP contribution in [0.4, 0.5) is 5.82 Å². The van der Waals surface area contributed by atoms with E-state index in [2.05, 4.69) is 17.2 Å². The number of hydrogen-bond donors (Lipinski definition) is 1. The number of nitrogens with zero attached hydrogens (tertiary/aromatic N) is 2. The average Bonchev–Trinajstić information content (AvgIpc) is 2.36. The molecular formula is C13H21N3OS. The maximum absolute atomic E-state index is 11.4. The van der Waals surface area contributed by atoms with Gasteiger partial charge in [0.15, 0.2) is 0 Å². The molecule has 0 aliphatic heterocycles. The van der Waals surface area contributed by atoms with Gasteiger partial charge in [0.1, 0.15) is 5.82 Å². The van der Waals surface area contributed by atoms with Crippen molar-refractivity contribution in [2.45, 2.75) is 19.1 Å². The molecule has 0 fully saturated rings. The first-order valence-corrected chi connectivity index (χ1v) is 7.25. The maximum Gasteiger partial charge on any atom is 0.232 e. The van der Waals surface area contributed by atoms with Gasteiger partial charge in [0.25, 0.3) is 0 Å². The van der Waals surface area contributed by atoms with Gasteiger partial charge in [-0.05, 0) is 24.1 Å². The SMILES string of the molecule is CCCNc1cc(CSCC(=O)N(C)C)ccn1. The van der Waals surface area contributed by atoms with Gasteiger partial charge in [-0.1, -0.05) is 6.92 Å². The predicted molar refractivity (Wildman–Crippen MR) is 77.9 cm³/mol. The Morgan fingerprint density at radius 3 is 2.94 bits per heavy atom. The highest BCUT2D eigenvalue weighted by molar-refractivity contribution is 7.99. The van der Waals surface area contributed by atoms with Crippen LogP contribution < -0.4 is 5.32 Å². The van der Waals surface area contributed by atoms with Crippen molar-refractivity contribution >= 4 is 23.5 Å². The second-order valence-corrected chi connectivity index (χ2v) is 5.24. The minimum atomic E-state index is 0.151. The quantitative estimate of drug-likeness (QED) is 0.823. The summed E-state index contributed by atoms with van der Waals surface area (Å²) in [7, 11) is 3.56. The van der Waals surface area contributed by atoms with E-state index in [0.717, 1.165) is 24.5 Å². The molecule has 18 heavy (non-hydrogen) atoms. The first-order chi connectivity index (χ1) is 8.63. The van der Waals surface area contributed by atoms with Gasteiger partial charge in [-0.2, -0.15) is 0 Å². The van der Waals surface area contributed by atoms with Gasteiger partial charge in [0.2, 0.25) is 5.91 Å². The molecule has 100 valence electrons. The molecule has 0 aliphatic carbocycles. The summed E-state index contributed by atoms with van der Waals surface area (Å²) in [6, 6.07) is 4.03. The minimum absolute atomic E-state index is 0.151. The number of pyridine rings is 1. The molecule has 0 radical (unpaired) electrons. The number of thioether (sulfide) groups is 1. The maximum atomic E-state index is 11.4. The third kappa shape index (κ3) is 5.40. The number of hydrogen-bond acceptors (Lipinski definition) is 4. The van der Waals surface area contributed by atoms with E-state index >= 15 is 0 Å². The van der Waals surface area contributed by atoms with Gasteiger partial charge >= 0.3 is 0 Å². The fourth-order valence-electron chi connectivity index (χ4n) is 1.30. The third-order valence-electron chi connectivity index (χ3n) is 2.37. The van der Waals surface area contributed by atoms with Crippen LogP contribution in [-0.4, -0.2) is 42.2 Å². The van der Waals surface area contributed by atoms with Gasteiger partial charge in [0.05, 0.1) is 5.75 Å². The Kier molecular flexibility index (Phi) is 6.57. The Balaban J connectivity index is 2.40.